The van der Waals surface area contributed by atoms with Crippen LogP contribution in [0.5, 0.6) is 0 Å². The molecule has 8 nitrogen and oxygen atoms in total. The molecule has 0 spiro atoms. The van der Waals surface area contributed by atoms with Gasteiger partial charge in [-0.05, 0) is 11.1 Å². The number of nitrogens with zero attached hydrogens (tertiary/aromatic N) is 4. The van der Waals surface area contributed by atoms with Gasteiger partial charge in [0.1, 0.15) is 6.10 Å². The number of nitrogens with one attached hydrogen (secondary N) is 1. The number of hydrogen-bond acceptors (Lipinski definition) is 5. The van der Waals surface area contributed by atoms with Crippen LogP contribution in [0.2, 0.25) is 0 Å². The molecule has 0 radical (unpaired) electrons. The third-order valence-corrected chi connectivity index (χ3v) is 5.38. The van der Waals surface area contributed by atoms with Crippen molar-refractivity contribution in [1.82, 2.24) is 15.1 Å². The molecule has 154 valence electrons. The molecule has 2 aliphatic heterocycles. The van der Waals surface area contributed by atoms with Crippen molar-refractivity contribution in [2.24, 2.45) is 4.99 Å². The molecule has 2 N–H and O–H groups in total. The maximum Gasteiger partial charge on any atom is 0.390 e. The summed E-state index contributed by atoms with van der Waals surface area (Å²) >= 11 is 0. The zero-order valence-corrected chi connectivity index (χ0v) is 16.9. The number of imide groups is 1. The average molecular weight is 406 g/mol. The Labute approximate surface area is 174 Å². The lowest BCUT2D eigenvalue weighted by Crippen LogP contribution is -2.61. The molecule has 2 unspecified atom stereocenters. The van der Waals surface area contributed by atoms with Crippen LogP contribution in [0.1, 0.15) is 17.2 Å². The van der Waals surface area contributed by atoms with Crippen molar-refractivity contribution in [3.05, 3.63) is 71.8 Å². The van der Waals surface area contributed by atoms with Crippen LogP contribution >= 0.6 is 0 Å². The second kappa shape index (κ2) is 8.08. The monoisotopic (exact) mass is 406 g/mol. The van der Waals surface area contributed by atoms with Crippen molar-refractivity contribution in [2.45, 2.75) is 18.7 Å². The molecule has 1 saturated heterocycles. The molecule has 2 heterocycles. The zero-order valence-electron chi connectivity index (χ0n) is 16.9. The Kier molecular flexibility index (Phi) is 5.33. The minimum absolute atomic E-state index is 0.153. The lowest BCUT2D eigenvalue weighted by Gasteiger charge is -2.32. The summed E-state index contributed by atoms with van der Waals surface area (Å²) in [5, 5.41) is 14.1. The number of urea groups is 1. The first-order chi connectivity index (χ1) is 14.5. The first-order valence-electron chi connectivity index (χ1n) is 9.75. The number of amides is 3. The maximum absolute atomic E-state index is 12.9. The van der Waals surface area contributed by atoms with E-state index in [4.69, 9.17) is 0 Å². The van der Waals surface area contributed by atoms with Crippen molar-refractivity contribution in [3.63, 3.8) is 0 Å². The molecular weight excluding hydrogens is 382 g/mol. The number of aliphatic hydroxyl groups is 1. The van der Waals surface area contributed by atoms with Gasteiger partial charge in [-0.3, -0.25) is 19.9 Å². The Morgan fingerprint density at radius 2 is 1.67 bits per heavy atom. The van der Waals surface area contributed by atoms with Gasteiger partial charge in [0.25, 0.3) is 5.91 Å². The fourth-order valence-electron chi connectivity index (χ4n) is 3.68. The molecule has 2 aromatic carbocycles. The minimum atomic E-state index is -0.824. The van der Waals surface area contributed by atoms with Crippen molar-refractivity contribution in [3.8, 4) is 0 Å². The van der Waals surface area contributed by atoms with Crippen molar-refractivity contribution < 1.29 is 19.3 Å². The number of aliphatic imine (C=N–C) groups is 1. The van der Waals surface area contributed by atoms with E-state index in [0.29, 0.717) is 18.3 Å². The maximum atomic E-state index is 12.9. The normalized spacial score (nSPS) is 19.7. The number of β-amino-alcohol motifs (C(OH)–C–C–N with tert-alkyl or cyclic N) is 1. The van der Waals surface area contributed by atoms with E-state index in [1.165, 1.54) is 11.9 Å². The van der Waals surface area contributed by atoms with Gasteiger partial charge in [0, 0.05) is 14.1 Å². The van der Waals surface area contributed by atoms with Crippen molar-refractivity contribution >= 4 is 23.7 Å². The smallest absolute Gasteiger partial charge is 0.385 e. The van der Waals surface area contributed by atoms with Crippen LogP contribution in [-0.4, -0.2) is 69.9 Å². The van der Waals surface area contributed by atoms with Gasteiger partial charge in [0.15, 0.2) is 0 Å². The van der Waals surface area contributed by atoms with Gasteiger partial charge in [-0.1, -0.05) is 65.7 Å². The summed E-state index contributed by atoms with van der Waals surface area (Å²) in [6.45, 7) is 0.652. The zero-order chi connectivity index (χ0) is 21.3. The topological polar surface area (TPSA) is 88.2 Å². The first kappa shape index (κ1) is 19.8. The number of rotatable bonds is 5. The highest BCUT2D eigenvalue weighted by Crippen LogP contribution is 2.21. The van der Waals surface area contributed by atoms with E-state index >= 15 is 0 Å². The van der Waals surface area contributed by atoms with Gasteiger partial charge in [0.05, 0.1) is 13.1 Å². The number of likely N-dealkylation sites (N-methyl/N-ethyl adjacent to an activating group) is 2. The summed E-state index contributed by atoms with van der Waals surface area (Å²) < 4.78 is 1.73. The van der Waals surface area contributed by atoms with Gasteiger partial charge in [-0.2, -0.15) is 0 Å². The van der Waals surface area contributed by atoms with Gasteiger partial charge >= 0.3 is 12.0 Å². The summed E-state index contributed by atoms with van der Waals surface area (Å²) in [5.74, 6) is 0.449. The predicted octanol–water partition coefficient (Wildman–Crippen LogP) is 1.18. The lowest BCUT2D eigenvalue weighted by atomic mass is 10.1. The fraction of sp³-hybridized carbons (Fsp3) is 0.273. The average Bonchev–Trinajstić information content (AvgIpc) is 3.14. The number of carbonyl (C=O) groups is 2. The molecule has 2 atom stereocenters. The molecule has 0 bridgehead atoms. The van der Waals surface area contributed by atoms with Gasteiger partial charge in [-0.25, -0.2) is 9.37 Å². The highest BCUT2D eigenvalue weighted by molar-refractivity contribution is 6.22. The fourth-order valence-corrected chi connectivity index (χ4v) is 3.68. The molecule has 30 heavy (non-hydrogen) atoms. The number of fused-ring (bicyclic) bond motifs is 1. The summed E-state index contributed by atoms with van der Waals surface area (Å²) in [7, 11) is 3.06. The Morgan fingerprint density at radius 3 is 2.33 bits per heavy atom. The molecule has 8 heteroatoms. The molecular formula is C22H24N5O3+. The molecule has 0 saturated carbocycles. The predicted molar refractivity (Wildman–Crippen MR) is 112 cm³/mol. The van der Waals surface area contributed by atoms with E-state index in [-0.39, 0.29) is 12.5 Å². The Balaban J connectivity index is 1.66. The lowest BCUT2D eigenvalue weighted by molar-refractivity contribution is -0.546. The number of guanidine groups is 1. The van der Waals surface area contributed by atoms with Crippen LogP contribution in [0.15, 0.2) is 65.7 Å². The second-order valence-corrected chi connectivity index (χ2v) is 7.35. The largest absolute Gasteiger partial charge is 0.390 e. The number of hydrogen-bond donors (Lipinski definition) is 2. The minimum Gasteiger partial charge on any atom is -0.385 e. The number of benzene rings is 2. The second-order valence-electron chi connectivity index (χ2n) is 7.35. The van der Waals surface area contributed by atoms with Gasteiger partial charge in [-0.15, -0.1) is 0 Å². The van der Waals surface area contributed by atoms with Crippen LogP contribution in [0.4, 0.5) is 4.79 Å². The summed E-state index contributed by atoms with van der Waals surface area (Å²) in [6.07, 6.45) is -0.824. The quantitative estimate of drug-likeness (QED) is 0.730. The number of aliphatic hydroxyl groups excluding tert-OH is 1. The SMILES string of the molecule is CN1C(=O)C2C(=NC(NCc3ccccc3)=[N+]2CC(O)c2ccccc2)N(C)C1=O. The van der Waals surface area contributed by atoms with Crippen LogP contribution < -0.4 is 5.32 Å². The van der Waals surface area contributed by atoms with Gasteiger partial charge < -0.3 is 5.11 Å². The van der Waals surface area contributed by atoms with E-state index in [0.717, 1.165) is 16.0 Å². The number of carbonyl (C=O) groups excluding carboxylic acids is 2. The molecule has 2 aliphatic rings. The summed E-state index contributed by atoms with van der Waals surface area (Å²) in [4.78, 5) is 32.3. The Morgan fingerprint density at radius 1 is 1.03 bits per heavy atom. The van der Waals surface area contributed by atoms with Crippen LogP contribution in [0.3, 0.4) is 0 Å². The van der Waals surface area contributed by atoms with E-state index in [9.17, 15) is 14.7 Å². The highest BCUT2D eigenvalue weighted by Gasteiger charge is 2.51. The van der Waals surface area contributed by atoms with Gasteiger partial charge in [0.2, 0.25) is 11.9 Å². The molecule has 1 fully saturated rings. The summed E-state index contributed by atoms with van der Waals surface area (Å²) in [5.41, 5.74) is 1.80. The molecule has 0 aliphatic carbocycles. The van der Waals surface area contributed by atoms with Crippen molar-refractivity contribution in [1.29, 1.82) is 0 Å². The van der Waals surface area contributed by atoms with E-state index < -0.39 is 18.2 Å². The van der Waals surface area contributed by atoms with Crippen molar-refractivity contribution in [2.75, 3.05) is 20.6 Å². The van der Waals surface area contributed by atoms with E-state index in [1.807, 2.05) is 60.7 Å². The van der Waals surface area contributed by atoms with Crippen LogP contribution in [0.25, 0.3) is 0 Å². The standard InChI is InChI=1S/C22H23N5O3/c1-25-19-18(20(29)26(2)22(25)30)27(14-17(28)16-11-7-4-8-12-16)21(24-19)23-13-15-9-5-3-6-10-15/h3-12,17-18,28H,13-14H2,1-2H3/p+1. The molecule has 4 rings (SSSR count). The van der Waals surface area contributed by atoms with Crippen LogP contribution in [0, 0.1) is 0 Å². The third kappa shape index (κ3) is 3.57. The van der Waals surface area contributed by atoms with Crippen LogP contribution in [-0.2, 0) is 11.3 Å². The molecule has 0 aromatic heterocycles. The first-order valence-corrected chi connectivity index (χ1v) is 9.75. The Bertz CT molecular complexity index is 1020. The summed E-state index contributed by atoms with van der Waals surface area (Å²) in [6, 6.07) is 17.9. The highest BCUT2D eigenvalue weighted by atomic mass is 16.3. The number of amidine groups is 1. The van der Waals surface area contributed by atoms with E-state index in [2.05, 4.69) is 10.3 Å². The van der Waals surface area contributed by atoms with E-state index in [1.54, 1.807) is 11.6 Å². The Hall–Kier alpha value is -3.52. The molecule has 2 aromatic rings. The molecule has 3 amide bonds. The third-order valence-electron chi connectivity index (χ3n) is 5.38.